The smallest absolute Gasteiger partial charge is 0.126 e. The summed E-state index contributed by atoms with van der Waals surface area (Å²) < 4.78 is 13.4. The van der Waals surface area contributed by atoms with Gasteiger partial charge in [-0.1, -0.05) is 56.1 Å². The summed E-state index contributed by atoms with van der Waals surface area (Å²) in [7, 11) is 3.41. The first-order valence-electron chi connectivity index (χ1n) is 9.56. The summed E-state index contributed by atoms with van der Waals surface area (Å²) in [5, 5.41) is 2.13. The summed E-state index contributed by atoms with van der Waals surface area (Å²) in [4.78, 5) is 0. The van der Waals surface area contributed by atoms with Crippen LogP contribution in [-0.2, 0) is 0 Å². The highest BCUT2D eigenvalue weighted by Gasteiger charge is 2.31. The Morgan fingerprint density at radius 2 is 1.00 bits per heavy atom. The molecule has 30 heavy (non-hydrogen) atoms. The number of rotatable bonds is 4. The van der Waals surface area contributed by atoms with Crippen LogP contribution in [0.2, 0.25) is 0 Å². The topological polar surface area (TPSA) is 18.5 Å². The number of ether oxygens (including phenoxy) is 2. The largest absolute Gasteiger partial charge is 0.496 e. The lowest BCUT2D eigenvalue weighted by atomic mass is 9.96. The van der Waals surface area contributed by atoms with Crippen molar-refractivity contribution >= 4 is 53.8 Å². The van der Waals surface area contributed by atoms with Gasteiger partial charge in [0.15, 0.2) is 0 Å². The van der Waals surface area contributed by atoms with Crippen molar-refractivity contribution in [2.75, 3.05) is 14.2 Å². The average molecular weight is 522 g/mol. The molecule has 0 aliphatic heterocycles. The molecule has 0 aromatic heterocycles. The third kappa shape index (κ3) is 3.24. The van der Waals surface area contributed by atoms with Crippen LogP contribution in [0.1, 0.15) is 22.3 Å². The summed E-state index contributed by atoms with van der Waals surface area (Å²) >= 11 is 7.11. The third-order valence-corrected chi connectivity index (χ3v) is 6.56. The molecule has 0 spiro atoms. The predicted octanol–water partition coefficient (Wildman–Crippen LogP) is 7.70. The van der Waals surface area contributed by atoms with Crippen LogP contribution in [0.3, 0.4) is 0 Å². The van der Waals surface area contributed by atoms with Crippen molar-refractivity contribution in [3.8, 4) is 11.5 Å². The maximum atomic E-state index is 5.61. The minimum atomic E-state index is 0.855. The summed E-state index contributed by atoms with van der Waals surface area (Å²) in [6.45, 7) is 0. The molecule has 148 valence electrons. The molecular formula is C26H18Br2O2. The second kappa shape index (κ2) is 7.60. The zero-order chi connectivity index (χ0) is 20.8. The molecular weight excluding hydrogens is 504 g/mol. The molecule has 4 aromatic carbocycles. The average Bonchev–Trinajstić information content (AvgIpc) is 3.46. The number of hydrogen-bond acceptors (Lipinski definition) is 2. The molecule has 0 bridgehead atoms. The van der Waals surface area contributed by atoms with Gasteiger partial charge in [-0.05, 0) is 81.9 Å². The second-order valence-electron chi connectivity index (χ2n) is 7.18. The van der Waals surface area contributed by atoms with Crippen molar-refractivity contribution < 1.29 is 9.47 Å². The van der Waals surface area contributed by atoms with E-state index < -0.39 is 0 Å². The predicted molar refractivity (Wildman–Crippen MR) is 130 cm³/mol. The van der Waals surface area contributed by atoms with Crippen LogP contribution in [0, 0.1) is 0 Å². The minimum absolute atomic E-state index is 0.855. The SMILES string of the molecule is COc1ccc(OC)c2cc3c(cc12)C3=C(c1ccc(Br)cc1)c1ccc(Br)cc1. The lowest BCUT2D eigenvalue weighted by Gasteiger charge is -2.09. The van der Waals surface area contributed by atoms with Gasteiger partial charge in [0, 0.05) is 19.7 Å². The van der Waals surface area contributed by atoms with E-state index >= 15 is 0 Å². The van der Waals surface area contributed by atoms with Crippen LogP contribution in [0.4, 0.5) is 0 Å². The molecule has 0 saturated heterocycles. The zero-order valence-electron chi connectivity index (χ0n) is 16.5. The molecule has 0 radical (unpaired) electrons. The Morgan fingerprint density at radius 1 is 0.600 bits per heavy atom. The van der Waals surface area contributed by atoms with E-state index in [1.165, 1.54) is 33.4 Å². The summed E-state index contributed by atoms with van der Waals surface area (Å²) in [6, 6.07) is 25.4. The first kappa shape index (κ1) is 19.4. The molecule has 0 heterocycles. The number of benzene rings is 4. The van der Waals surface area contributed by atoms with Crippen LogP contribution >= 0.6 is 31.9 Å². The lowest BCUT2D eigenvalue weighted by Crippen LogP contribution is -1.88. The Balaban J connectivity index is 1.77. The minimum Gasteiger partial charge on any atom is -0.496 e. The van der Waals surface area contributed by atoms with E-state index in [0.717, 1.165) is 31.2 Å². The van der Waals surface area contributed by atoms with Crippen molar-refractivity contribution in [2.45, 2.75) is 0 Å². The van der Waals surface area contributed by atoms with Gasteiger partial charge in [-0.25, -0.2) is 0 Å². The summed E-state index contributed by atoms with van der Waals surface area (Å²) in [6.07, 6.45) is 0. The Hall–Kier alpha value is -2.56. The van der Waals surface area contributed by atoms with Gasteiger partial charge in [0.05, 0.1) is 14.2 Å². The van der Waals surface area contributed by atoms with Crippen molar-refractivity contribution in [3.05, 3.63) is 104 Å². The van der Waals surface area contributed by atoms with E-state index in [9.17, 15) is 0 Å². The third-order valence-electron chi connectivity index (χ3n) is 5.51. The Bertz CT molecular complexity index is 1200. The summed E-state index contributed by atoms with van der Waals surface area (Å²) in [5.74, 6) is 1.71. The monoisotopic (exact) mass is 520 g/mol. The van der Waals surface area contributed by atoms with Gasteiger partial charge in [-0.15, -0.1) is 0 Å². The number of hydrogen-bond donors (Lipinski definition) is 0. The molecule has 5 rings (SSSR count). The highest BCUT2D eigenvalue weighted by molar-refractivity contribution is 9.10. The van der Waals surface area contributed by atoms with Gasteiger partial charge in [0.1, 0.15) is 11.5 Å². The van der Waals surface area contributed by atoms with Crippen LogP contribution < -0.4 is 9.47 Å². The molecule has 4 aromatic rings. The maximum Gasteiger partial charge on any atom is 0.126 e. The van der Waals surface area contributed by atoms with E-state index in [0.29, 0.717) is 0 Å². The van der Waals surface area contributed by atoms with Gasteiger partial charge in [0.25, 0.3) is 0 Å². The van der Waals surface area contributed by atoms with Crippen molar-refractivity contribution in [1.29, 1.82) is 0 Å². The molecule has 2 nitrogen and oxygen atoms in total. The van der Waals surface area contributed by atoms with Gasteiger partial charge in [-0.2, -0.15) is 0 Å². The van der Waals surface area contributed by atoms with E-state index in [1.807, 2.05) is 12.1 Å². The van der Waals surface area contributed by atoms with Crippen molar-refractivity contribution in [1.82, 2.24) is 0 Å². The Kier molecular flexibility index (Phi) is 4.92. The molecule has 0 unspecified atom stereocenters. The molecule has 0 amide bonds. The lowest BCUT2D eigenvalue weighted by molar-refractivity contribution is 0.410. The van der Waals surface area contributed by atoms with Crippen LogP contribution in [0.25, 0.3) is 21.9 Å². The molecule has 1 aliphatic carbocycles. The fourth-order valence-electron chi connectivity index (χ4n) is 4.01. The zero-order valence-corrected chi connectivity index (χ0v) is 19.7. The highest BCUT2D eigenvalue weighted by Crippen LogP contribution is 2.52. The molecule has 0 fully saturated rings. The molecule has 1 aliphatic rings. The normalized spacial score (nSPS) is 11.9. The number of fused-ring (bicyclic) bond motifs is 2. The van der Waals surface area contributed by atoms with E-state index in [-0.39, 0.29) is 0 Å². The Morgan fingerprint density at radius 3 is 1.37 bits per heavy atom. The van der Waals surface area contributed by atoms with Gasteiger partial charge < -0.3 is 9.47 Å². The van der Waals surface area contributed by atoms with E-state index in [4.69, 9.17) is 9.47 Å². The molecule has 0 atom stereocenters. The molecule has 0 N–H and O–H groups in total. The van der Waals surface area contributed by atoms with Crippen LogP contribution in [0.5, 0.6) is 11.5 Å². The van der Waals surface area contributed by atoms with Gasteiger partial charge in [-0.3, -0.25) is 0 Å². The van der Waals surface area contributed by atoms with Gasteiger partial charge >= 0.3 is 0 Å². The second-order valence-corrected chi connectivity index (χ2v) is 9.01. The fourth-order valence-corrected chi connectivity index (χ4v) is 4.54. The molecule has 4 heteroatoms. The Labute approximate surface area is 192 Å². The van der Waals surface area contributed by atoms with Gasteiger partial charge in [0.2, 0.25) is 0 Å². The number of methoxy groups -OCH3 is 2. The standard InChI is InChI=1S/C26H18Br2O2/c1-29-23-11-12-24(30-2)20-14-22-21(13-19(20)23)26(22)25(15-3-7-17(27)8-4-15)16-5-9-18(28)10-6-16/h3-14H,1-2H3. The number of halogens is 2. The van der Waals surface area contributed by atoms with Crippen molar-refractivity contribution in [2.24, 2.45) is 0 Å². The molecule has 0 saturated carbocycles. The van der Waals surface area contributed by atoms with Crippen LogP contribution in [0.15, 0.2) is 81.7 Å². The quantitative estimate of drug-likeness (QED) is 0.241. The fraction of sp³-hybridized carbons (Fsp3) is 0.0769. The summed E-state index contributed by atoms with van der Waals surface area (Å²) in [5.41, 5.74) is 7.41. The highest BCUT2D eigenvalue weighted by atomic mass is 79.9. The first-order chi connectivity index (χ1) is 14.6. The van der Waals surface area contributed by atoms with E-state index in [2.05, 4.69) is 92.5 Å². The van der Waals surface area contributed by atoms with E-state index in [1.54, 1.807) is 14.2 Å². The first-order valence-corrected chi connectivity index (χ1v) is 11.1. The maximum absolute atomic E-state index is 5.61. The van der Waals surface area contributed by atoms with Crippen molar-refractivity contribution in [3.63, 3.8) is 0 Å². The van der Waals surface area contributed by atoms with Crippen LogP contribution in [-0.4, -0.2) is 14.2 Å².